The maximum absolute atomic E-state index is 12.6. The summed E-state index contributed by atoms with van der Waals surface area (Å²) < 4.78 is 37.8. The second-order valence-electron chi connectivity index (χ2n) is 5.64. The number of aliphatic hydroxyl groups is 1. The van der Waals surface area contributed by atoms with Gasteiger partial charge in [0, 0.05) is 6.20 Å². The highest BCUT2D eigenvalue weighted by atomic mass is 19.4. The fourth-order valence-corrected chi connectivity index (χ4v) is 2.62. The van der Waals surface area contributed by atoms with Crippen LogP contribution in [0.15, 0.2) is 17.1 Å². The molecule has 0 saturated heterocycles. The van der Waals surface area contributed by atoms with Crippen molar-refractivity contribution in [2.75, 3.05) is 5.32 Å². The number of hydrogen-bond donors (Lipinski definition) is 3. The van der Waals surface area contributed by atoms with Gasteiger partial charge in [-0.05, 0) is 18.9 Å². The second kappa shape index (κ2) is 6.12. The third kappa shape index (κ3) is 4.09. The van der Waals surface area contributed by atoms with Gasteiger partial charge in [0.2, 0.25) is 5.91 Å². The molecule has 1 aliphatic rings. The van der Waals surface area contributed by atoms with Crippen LogP contribution in [-0.2, 0) is 11.0 Å². The van der Waals surface area contributed by atoms with E-state index in [1.54, 1.807) is 0 Å². The first kappa shape index (κ1) is 16.5. The van der Waals surface area contributed by atoms with Crippen molar-refractivity contribution in [3.05, 3.63) is 28.2 Å². The Labute approximate surface area is 124 Å². The molecule has 1 aliphatic carbocycles. The van der Waals surface area contributed by atoms with Crippen LogP contribution >= 0.6 is 0 Å². The number of alkyl halides is 3. The SMILES string of the molecule is O=C(CC1(O)CCCCC1)Nc1cc(C(F)(F)F)c[nH]c1=O. The Morgan fingerprint density at radius 1 is 1.32 bits per heavy atom. The maximum atomic E-state index is 12.6. The van der Waals surface area contributed by atoms with E-state index in [1.807, 2.05) is 4.98 Å². The highest BCUT2D eigenvalue weighted by Gasteiger charge is 2.33. The van der Waals surface area contributed by atoms with Crippen molar-refractivity contribution >= 4 is 11.6 Å². The number of hydrogen-bond acceptors (Lipinski definition) is 3. The fourth-order valence-electron chi connectivity index (χ4n) is 2.62. The quantitative estimate of drug-likeness (QED) is 0.800. The van der Waals surface area contributed by atoms with Crippen LogP contribution in [-0.4, -0.2) is 21.6 Å². The first-order valence-corrected chi connectivity index (χ1v) is 7.02. The molecule has 1 heterocycles. The number of carbonyl (C=O) groups is 1. The number of halogens is 3. The number of aromatic nitrogens is 1. The lowest BCUT2D eigenvalue weighted by Gasteiger charge is -2.31. The molecular formula is C14H17F3N2O3. The summed E-state index contributed by atoms with van der Waals surface area (Å²) in [5, 5.41) is 12.4. The number of aromatic amines is 1. The molecule has 122 valence electrons. The molecular weight excluding hydrogens is 301 g/mol. The number of pyridine rings is 1. The molecule has 0 bridgehead atoms. The van der Waals surface area contributed by atoms with Gasteiger partial charge in [-0.25, -0.2) is 0 Å². The molecule has 0 radical (unpaired) electrons. The van der Waals surface area contributed by atoms with Gasteiger partial charge in [-0.1, -0.05) is 19.3 Å². The van der Waals surface area contributed by atoms with Crippen molar-refractivity contribution in [3.63, 3.8) is 0 Å². The minimum atomic E-state index is -4.62. The Balaban J connectivity index is 2.09. The predicted octanol–water partition coefficient (Wildman–Crippen LogP) is 2.42. The standard InChI is InChI=1S/C14H17F3N2O3/c15-14(16,17)9-6-10(12(21)18-8-9)19-11(20)7-13(22)4-2-1-3-5-13/h6,8,22H,1-5,7H2,(H,18,21)(H,19,20). The average molecular weight is 318 g/mol. The Morgan fingerprint density at radius 3 is 2.55 bits per heavy atom. The molecule has 2 rings (SSSR count). The van der Waals surface area contributed by atoms with Crippen molar-refractivity contribution in [3.8, 4) is 0 Å². The summed E-state index contributed by atoms with van der Waals surface area (Å²) in [4.78, 5) is 25.3. The Kier molecular flexibility index (Phi) is 4.60. The lowest BCUT2D eigenvalue weighted by Crippen LogP contribution is -2.36. The summed E-state index contributed by atoms with van der Waals surface area (Å²) in [6.45, 7) is 0. The lowest BCUT2D eigenvalue weighted by atomic mass is 9.82. The van der Waals surface area contributed by atoms with Gasteiger partial charge in [-0.3, -0.25) is 9.59 Å². The zero-order chi connectivity index (χ0) is 16.4. The van der Waals surface area contributed by atoms with E-state index >= 15 is 0 Å². The van der Waals surface area contributed by atoms with E-state index in [4.69, 9.17) is 0 Å². The first-order valence-electron chi connectivity index (χ1n) is 7.02. The van der Waals surface area contributed by atoms with Crippen LogP contribution in [0.5, 0.6) is 0 Å². The number of nitrogens with one attached hydrogen (secondary N) is 2. The van der Waals surface area contributed by atoms with Gasteiger partial charge in [0.25, 0.3) is 5.56 Å². The monoisotopic (exact) mass is 318 g/mol. The molecule has 1 aromatic heterocycles. The van der Waals surface area contributed by atoms with Gasteiger partial charge >= 0.3 is 6.18 Å². The molecule has 1 aromatic rings. The highest BCUT2D eigenvalue weighted by molar-refractivity contribution is 5.91. The summed E-state index contributed by atoms with van der Waals surface area (Å²) in [5.41, 5.74) is -3.49. The maximum Gasteiger partial charge on any atom is 0.417 e. The van der Waals surface area contributed by atoms with Crippen LogP contribution < -0.4 is 10.9 Å². The minimum Gasteiger partial charge on any atom is -0.389 e. The van der Waals surface area contributed by atoms with E-state index in [9.17, 15) is 27.9 Å². The van der Waals surface area contributed by atoms with Gasteiger partial charge in [-0.2, -0.15) is 13.2 Å². The largest absolute Gasteiger partial charge is 0.417 e. The number of amides is 1. The van der Waals surface area contributed by atoms with Gasteiger partial charge in [-0.15, -0.1) is 0 Å². The van der Waals surface area contributed by atoms with Crippen LogP contribution in [0.1, 0.15) is 44.1 Å². The molecule has 3 N–H and O–H groups in total. The number of rotatable bonds is 3. The molecule has 1 saturated carbocycles. The molecule has 0 atom stereocenters. The van der Waals surface area contributed by atoms with E-state index in [0.29, 0.717) is 25.1 Å². The Morgan fingerprint density at radius 2 is 1.95 bits per heavy atom. The molecule has 0 aliphatic heterocycles. The molecule has 0 unspecified atom stereocenters. The van der Waals surface area contributed by atoms with E-state index in [2.05, 4.69) is 5.32 Å². The van der Waals surface area contributed by atoms with E-state index in [0.717, 1.165) is 19.3 Å². The van der Waals surface area contributed by atoms with E-state index < -0.39 is 34.5 Å². The molecule has 0 aromatic carbocycles. The van der Waals surface area contributed by atoms with Crippen LogP contribution in [0.3, 0.4) is 0 Å². The zero-order valence-electron chi connectivity index (χ0n) is 11.8. The van der Waals surface area contributed by atoms with Gasteiger partial charge in [0.1, 0.15) is 5.69 Å². The Bertz CT molecular complexity index is 604. The van der Waals surface area contributed by atoms with Crippen LogP contribution in [0, 0.1) is 0 Å². The lowest BCUT2D eigenvalue weighted by molar-refractivity contribution is -0.137. The molecule has 0 spiro atoms. The molecule has 1 fully saturated rings. The minimum absolute atomic E-state index is 0.233. The van der Waals surface area contributed by atoms with Crippen molar-refractivity contribution in [1.82, 2.24) is 4.98 Å². The van der Waals surface area contributed by atoms with Crippen LogP contribution in [0.4, 0.5) is 18.9 Å². The summed E-state index contributed by atoms with van der Waals surface area (Å²) in [6.07, 6.45) is -0.779. The number of carbonyl (C=O) groups excluding carboxylic acids is 1. The summed E-state index contributed by atoms with van der Waals surface area (Å²) >= 11 is 0. The number of anilines is 1. The van der Waals surface area contributed by atoms with Crippen molar-refractivity contribution in [1.29, 1.82) is 0 Å². The van der Waals surface area contributed by atoms with E-state index in [1.165, 1.54) is 0 Å². The third-order valence-corrected chi connectivity index (χ3v) is 3.78. The normalized spacial score (nSPS) is 18.0. The van der Waals surface area contributed by atoms with Crippen LogP contribution in [0.2, 0.25) is 0 Å². The number of H-pyrrole nitrogens is 1. The fraction of sp³-hybridized carbons (Fsp3) is 0.571. The zero-order valence-corrected chi connectivity index (χ0v) is 11.8. The average Bonchev–Trinajstić information content (AvgIpc) is 2.40. The summed E-state index contributed by atoms with van der Waals surface area (Å²) in [6, 6.07) is 0.585. The van der Waals surface area contributed by atoms with E-state index in [-0.39, 0.29) is 6.42 Å². The third-order valence-electron chi connectivity index (χ3n) is 3.78. The molecule has 22 heavy (non-hydrogen) atoms. The summed E-state index contributed by atoms with van der Waals surface area (Å²) in [5.74, 6) is -0.672. The Hall–Kier alpha value is -1.83. The molecule has 1 amide bonds. The highest BCUT2D eigenvalue weighted by Crippen LogP contribution is 2.31. The van der Waals surface area contributed by atoms with Gasteiger partial charge in [0.15, 0.2) is 0 Å². The van der Waals surface area contributed by atoms with Crippen molar-refractivity contribution in [2.45, 2.75) is 50.3 Å². The van der Waals surface area contributed by atoms with Crippen molar-refractivity contribution in [2.24, 2.45) is 0 Å². The summed E-state index contributed by atoms with van der Waals surface area (Å²) in [7, 11) is 0. The van der Waals surface area contributed by atoms with Crippen molar-refractivity contribution < 1.29 is 23.1 Å². The molecule has 5 nitrogen and oxygen atoms in total. The molecule has 8 heteroatoms. The first-order chi connectivity index (χ1) is 10.2. The second-order valence-corrected chi connectivity index (χ2v) is 5.64. The smallest absolute Gasteiger partial charge is 0.389 e. The van der Waals surface area contributed by atoms with Gasteiger partial charge in [0.05, 0.1) is 17.6 Å². The predicted molar refractivity (Wildman–Crippen MR) is 73.3 cm³/mol. The van der Waals surface area contributed by atoms with Gasteiger partial charge < -0.3 is 15.4 Å². The van der Waals surface area contributed by atoms with Crippen LogP contribution in [0.25, 0.3) is 0 Å². The topological polar surface area (TPSA) is 82.2 Å².